The molecule has 0 radical (unpaired) electrons. The molecule has 0 aliphatic carbocycles. The molecular weight excluding hydrogens is 512 g/mol. The van der Waals surface area contributed by atoms with Gasteiger partial charge < -0.3 is 10.1 Å². The van der Waals surface area contributed by atoms with Crippen molar-refractivity contribution in [2.45, 2.75) is 30.6 Å². The summed E-state index contributed by atoms with van der Waals surface area (Å²) in [5.41, 5.74) is -0.279. The number of non-ortho nitro benzene ring substituents is 1. The number of hydrogen-bond donors (Lipinski definition) is 1. The molecule has 1 aliphatic heterocycles. The van der Waals surface area contributed by atoms with Crippen molar-refractivity contribution in [3.8, 4) is 5.75 Å². The topological polar surface area (TPSA) is 156 Å². The second kappa shape index (κ2) is 11.2. The molecular formula is C22H28N4O8S2. The monoisotopic (exact) mass is 540 g/mol. The van der Waals surface area contributed by atoms with Gasteiger partial charge in [-0.25, -0.2) is 16.8 Å². The number of hydrogen-bond acceptors (Lipinski definition) is 8. The molecule has 0 bridgehead atoms. The zero-order valence-electron chi connectivity index (χ0n) is 19.9. The van der Waals surface area contributed by atoms with Gasteiger partial charge in [-0.15, -0.1) is 0 Å². The van der Waals surface area contributed by atoms with Crippen LogP contribution in [0.25, 0.3) is 0 Å². The molecule has 1 saturated heterocycles. The molecule has 1 heterocycles. The smallest absolute Gasteiger partial charge is 0.271 e. The molecule has 36 heavy (non-hydrogen) atoms. The van der Waals surface area contributed by atoms with E-state index in [1.54, 1.807) is 0 Å². The van der Waals surface area contributed by atoms with Gasteiger partial charge in [0, 0.05) is 30.9 Å². The first kappa shape index (κ1) is 27.4. The summed E-state index contributed by atoms with van der Waals surface area (Å²) in [5.74, 6) is -0.709. The number of nitro benzene ring substituents is 1. The van der Waals surface area contributed by atoms with Crippen LogP contribution in [0.1, 0.15) is 25.7 Å². The van der Waals surface area contributed by atoms with Crippen LogP contribution in [0.5, 0.6) is 5.75 Å². The van der Waals surface area contributed by atoms with Gasteiger partial charge in [-0.1, -0.05) is 12.8 Å². The van der Waals surface area contributed by atoms with Crippen LogP contribution in [0.3, 0.4) is 0 Å². The molecule has 2 aromatic rings. The zero-order valence-corrected chi connectivity index (χ0v) is 21.5. The third-order valence-corrected chi connectivity index (χ3v) is 8.71. The van der Waals surface area contributed by atoms with Gasteiger partial charge in [0.2, 0.25) is 26.0 Å². The maximum atomic E-state index is 12.9. The van der Waals surface area contributed by atoms with Crippen LogP contribution in [0, 0.1) is 10.1 Å². The normalized spacial score (nSPS) is 15.1. The predicted molar refractivity (Wildman–Crippen MR) is 134 cm³/mol. The van der Waals surface area contributed by atoms with Crippen molar-refractivity contribution in [1.29, 1.82) is 0 Å². The Labute approximate surface area is 210 Å². The molecule has 0 atom stereocenters. The number of amides is 1. The molecule has 1 fully saturated rings. The lowest BCUT2D eigenvalue weighted by Crippen LogP contribution is -2.37. The van der Waals surface area contributed by atoms with Crippen LogP contribution in [0.4, 0.5) is 17.1 Å². The lowest BCUT2D eigenvalue weighted by atomic mass is 10.2. The van der Waals surface area contributed by atoms with Gasteiger partial charge >= 0.3 is 0 Å². The Morgan fingerprint density at radius 3 is 2.19 bits per heavy atom. The van der Waals surface area contributed by atoms with Crippen molar-refractivity contribution in [2.24, 2.45) is 0 Å². The van der Waals surface area contributed by atoms with E-state index in [9.17, 15) is 31.7 Å². The van der Waals surface area contributed by atoms with Gasteiger partial charge in [-0.2, -0.15) is 4.31 Å². The maximum absolute atomic E-state index is 12.9. The highest BCUT2D eigenvalue weighted by Gasteiger charge is 2.27. The van der Waals surface area contributed by atoms with Gasteiger partial charge in [-0.3, -0.25) is 19.2 Å². The Balaban J connectivity index is 1.79. The molecule has 0 spiro atoms. The first-order chi connectivity index (χ1) is 16.9. The van der Waals surface area contributed by atoms with Crippen LogP contribution in [0.15, 0.2) is 47.4 Å². The number of carbonyl (C=O) groups excluding carboxylic acids is 1. The Morgan fingerprint density at radius 1 is 1.06 bits per heavy atom. The van der Waals surface area contributed by atoms with Crippen molar-refractivity contribution in [1.82, 2.24) is 4.31 Å². The number of benzene rings is 2. The number of sulfonamides is 2. The molecule has 0 unspecified atom stereocenters. The minimum atomic E-state index is -4.04. The molecule has 12 nitrogen and oxygen atoms in total. The molecule has 3 rings (SSSR count). The summed E-state index contributed by atoms with van der Waals surface area (Å²) in [6, 6.07) is 9.01. The second-order valence-electron chi connectivity index (χ2n) is 8.27. The highest BCUT2D eigenvalue weighted by molar-refractivity contribution is 7.92. The van der Waals surface area contributed by atoms with Crippen LogP contribution < -0.4 is 14.4 Å². The van der Waals surface area contributed by atoms with Crippen molar-refractivity contribution in [3.05, 3.63) is 52.6 Å². The Morgan fingerprint density at radius 2 is 1.67 bits per heavy atom. The number of nitrogens with one attached hydrogen (secondary N) is 1. The van der Waals surface area contributed by atoms with E-state index >= 15 is 0 Å². The number of carbonyl (C=O) groups is 1. The second-order valence-corrected chi connectivity index (χ2v) is 12.1. The fourth-order valence-electron chi connectivity index (χ4n) is 3.84. The quantitative estimate of drug-likeness (QED) is 0.376. The van der Waals surface area contributed by atoms with Gasteiger partial charge in [0.25, 0.3) is 5.69 Å². The van der Waals surface area contributed by atoms with E-state index in [0.717, 1.165) is 44.1 Å². The fraction of sp³-hybridized carbons (Fsp3) is 0.409. The fourth-order valence-corrected chi connectivity index (χ4v) is 6.21. The van der Waals surface area contributed by atoms with E-state index in [-0.39, 0.29) is 27.7 Å². The summed E-state index contributed by atoms with van der Waals surface area (Å²) in [7, 11) is -6.43. The summed E-state index contributed by atoms with van der Waals surface area (Å²) >= 11 is 0. The van der Waals surface area contributed by atoms with E-state index in [0.29, 0.717) is 17.4 Å². The average molecular weight is 541 g/mol. The summed E-state index contributed by atoms with van der Waals surface area (Å²) < 4.78 is 58.1. The van der Waals surface area contributed by atoms with Crippen LogP contribution in [0.2, 0.25) is 0 Å². The number of methoxy groups -OCH3 is 1. The van der Waals surface area contributed by atoms with Crippen molar-refractivity contribution >= 4 is 43.0 Å². The Hall–Kier alpha value is -3.23. The number of nitrogens with zero attached hydrogens (tertiary/aromatic N) is 3. The molecule has 1 aliphatic rings. The first-order valence-corrected chi connectivity index (χ1v) is 14.4. The number of anilines is 2. The largest absolute Gasteiger partial charge is 0.495 e. The predicted octanol–water partition coefficient (Wildman–Crippen LogP) is 2.57. The molecule has 0 aromatic heterocycles. The highest BCUT2D eigenvalue weighted by Crippen LogP contribution is 2.33. The minimum Gasteiger partial charge on any atom is -0.495 e. The average Bonchev–Trinajstić information content (AvgIpc) is 3.12. The van der Waals surface area contributed by atoms with E-state index in [1.165, 1.54) is 41.7 Å². The number of rotatable bonds is 9. The van der Waals surface area contributed by atoms with Crippen molar-refractivity contribution < 1.29 is 31.3 Å². The summed E-state index contributed by atoms with van der Waals surface area (Å²) in [5, 5.41) is 13.7. The lowest BCUT2D eigenvalue weighted by Gasteiger charge is -2.23. The molecule has 196 valence electrons. The Bertz CT molecular complexity index is 1320. The molecule has 0 saturated carbocycles. The van der Waals surface area contributed by atoms with Gasteiger partial charge in [-0.05, 0) is 43.2 Å². The minimum absolute atomic E-state index is 0.0295. The maximum Gasteiger partial charge on any atom is 0.271 e. The lowest BCUT2D eigenvalue weighted by molar-refractivity contribution is -0.384. The number of nitro groups is 1. The molecule has 14 heteroatoms. The molecule has 2 aromatic carbocycles. The van der Waals surface area contributed by atoms with Crippen molar-refractivity contribution in [3.63, 3.8) is 0 Å². The Kier molecular flexibility index (Phi) is 8.53. The van der Waals surface area contributed by atoms with Gasteiger partial charge in [0.05, 0.1) is 23.2 Å². The third-order valence-electron chi connectivity index (χ3n) is 5.67. The van der Waals surface area contributed by atoms with E-state index in [1.807, 2.05) is 0 Å². The van der Waals surface area contributed by atoms with Gasteiger partial charge in [0.15, 0.2) is 0 Å². The molecule has 1 N–H and O–H groups in total. The van der Waals surface area contributed by atoms with Crippen LogP contribution in [-0.2, 0) is 24.8 Å². The zero-order chi connectivity index (χ0) is 26.5. The van der Waals surface area contributed by atoms with E-state index in [2.05, 4.69) is 5.32 Å². The van der Waals surface area contributed by atoms with Crippen LogP contribution in [-0.4, -0.2) is 65.0 Å². The van der Waals surface area contributed by atoms with Crippen LogP contribution >= 0.6 is 0 Å². The summed E-state index contributed by atoms with van der Waals surface area (Å²) in [4.78, 5) is 23.3. The first-order valence-electron chi connectivity index (χ1n) is 11.1. The summed E-state index contributed by atoms with van der Waals surface area (Å²) in [6.45, 7) is 0.233. The standard InChI is InChI=1S/C22H28N4O8S2/c1-34-21-12-9-18(26(28)29)15-20(21)25(35(2,30)31)16-22(27)23-17-7-10-19(11-8-17)36(32,33)24-13-5-3-4-6-14-24/h7-12,15H,3-6,13-14,16H2,1-2H3,(H,23,27). The van der Waals surface area contributed by atoms with Gasteiger partial charge in [0.1, 0.15) is 18.0 Å². The molecule has 1 amide bonds. The van der Waals surface area contributed by atoms with E-state index in [4.69, 9.17) is 4.74 Å². The van der Waals surface area contributed by atoms with Crippen molar-refractivity contribution in [2.75, 3.05) is 42.6 Å². The third kappa shape index (κ3) is 6.50. The van der Waals surface area contributed by atoms with E-state index < -0.39 is 37.4 Å². The highest BCUT2D eigenvalue weighted by atomic mass is 32.2. The number of ether oxygens (including phenoxy) is 1. The summed E-state index contributed by atoms with van der Waals surface area (Å²) in [6.07, 6.45) is 4.45. The SMILES string of the molecule is COc1ccc([N+](=O)[O-])cc1N(CC(=O)Nc1ccc(S(=O)(=O)N2CCCCCC2)cc1)S(C)(=O)=O.